The van der Waals surface area contributed by atoms with Crippen molar-refractivity contribution in [3.63, 3.8) is 0 Å². The molecule has 4 aliphatic heterocycles. The Morgan fingerprint density at radius 1 is 0.811 bits per heavy atom. The lowest BCUT2D eigenvalue weighted by molar-refractivity contribution is -0.266. The van der Waals surface area contributed by atoms with Crippen molar-refractivity contribution >= 4 is 58.5 Å². The van der Waals surface area contributed by atoms with E-state index >= 15 is 8.78 Å². The summed E-state index contributed by atoms with van der Waals surface area (Å²) < 4.78 is 87.8. The molecule has 0 bridgehead atoms. The molecule has 3 saturated carbocycles. The molecule has 0 radical (unpaired) electrons. The van der Waals surface area contributed by atoms with Gasteiger partial charge < -0.3 is 94.9 Å². The molecule has 3 unspecified atom stereocenters. The molecule has 0 aromatic heterocycles. The molecule has 0 spiro atoms. The maximum absolute atomic E-state index is 18.1. The summed E-state index contributed by atoms with van der Waals surface area (Å²) >= 11 is 0. The van der Waals surface area contributed by atoms with E-state index in [-0.39, 0.29) is 147 Å². The predicted octanol–water partition coefficient (Wildman–Crippen LogP) is 2.83. The van der Waals surface area contributed by atoms with Crippen molar-refractivity contribution in [3.8, 4) is 5.75 Å². The molecule has 31 nitrogen and oxygen atoms in total. The normalized spacial score (nSPS) is 32.4. The number of hydrogen-bond acceptors (Lipinski definition) is 26. The molecule has 111 heavy (non-hydrogen) atoms. The molecule has 6 amide bonds. The number of ether oxygens (including phenoxy) is 9. The minimum atomic E-state index is -2.38. The second-order valence-corrected chi connectivity index (χ2v) is 31.6. The van der Waals surface area contributed by atoms with Crippen molar-refractivity contribution in [2.45, 2.75) is 236 Å². The van der Waals surface area contributed by atoms with Crippen LogP contribution < -0.4 is 37.0 Å². The van der Waals surface area contributed by atoms with Crippen molar-refractivity contribution < 1.29 is 120 Å². The van der Waals surface area contributed by atoms with E-state index in [4.69, 9.17) is 42.6 Å². The molecular weight excluding hydrogens is 1450 g/mol. The summed E-state index contributed by atoms with van der Waals surface area (Å²) in [5, 5.41) is 66.5. The number of rotatable bonds is 40. The number of carbonyl (C=O) groups excluding carboxylic acids is 9. The minimum Gasteiger partial charge on any atom is -0.486 e. The summed E-state index contributed by atoms with van der Waals surface area (Å²) in [5.74, 6) is -7.10. The quantitative estimate of drug-likeness (QED) is 0.0332. The first kappa shape index (κ1) is 86.6. The van der Waals surface area contributed by atoms with Crippen LogP contribution in [0.5, 0.6) is 5.75 Å². The molecule has 4 heterocycles. The highest BCUT2D eigenvalue weighted by atomic mass is 19.1. The summed E-state index contributed by atoms with van der Waals surface area (Å²) in [6, 6.07) is 3.95. The largest absolute Gasteiger partial charge is 0.486 e. The van der Waals surface area contributed by atoms with E-state index in [9.17, 15) is 68.7 Å². The van der Waals surface area contributed by atoms with E-state index in [1.807, 2.05) is 6.92 Å². The Balaban J connectivity index is 0.696. The van der Waals surface area contributed by atoms with Crippen molar-refractivity contribution in [2.75, 3.05) is 91.1 Å². The number of aliphatic hydroxyl groups excluding tert-OH is 5. The Labute approximate surface area is 645 Å². The Morgan fingerprint density at radius 2 is 1.51 bits per heavy atom. The first-order chi connectivity index (χ1) is 53.0. The van der Waals surface area contributed by atoms with Crippen LogP contribution in [0.25, 0.3) is 0 Å². The monoisotopic (exact) mass is 1570 g/mol. The number of carbonyl (C=O) groups is 9. The average Bonchev–Trinajstić information content (AvgIpc) is 1.58. The van der Waals surface area contributed by atoms with E-state index in [0.29, 0.717) is 55.6 Å². The zero-order chi connectivity index (χ0) is 80.1. The van der Waals surface area contributed by atoms with Crippen LogP contribution in [0, 0.1) is 40.4 Å². The maximum atomic E-state index is 18.1. The number of nitrogens with zero attached hydrogens (tertiary/aromatic N) is 2. The molecule has 33 heteroatoms. The fourth-order valence-corrected chi connectivity index (χ4v) is 17.6. The second kappa shape index (κ2) is 38.5. The summed E-state index contributed by atoms with van der Waals surface area (Å²) in [6.45, 7) is 12.5. The third-order valence-electron chi connectivity index (χ3n) is 23.7. The van der Waals surface area contributed by atoms with Gasteiger partial charge in [-0.05, 0) is 125 Å². The molecule has 5 aliphatic carbocycles. The Morgan fingerprint density at radius 3 is 2.19 bits per heavy atom. The highest BCUT2D eigenvalue weighted by molar-refractivity contribution is 6.03. The SMILES string of the molecule is CCCC1O[C@@H]2C[C@H]3[C@@H]4C[C@H](F)C5=CC(=O)C=C[C@]5(C)[C@@]4(F)[C@@H](O)C[C@]3(C)[C@]2(C(=O)COc2ccc(NC(=O)[C@H](C)CC(=O)[C@@H](NC(=O)[C@@H](CCCCNC(=O)COC3CCCCCC4=C3NNN4[C@@H]3O[C@H](CO)[C@H](O)[C@H](O)[C@H]3O)NC(=O)CCOCCOCCOCCOCCN3C(=O)CC(C)C3=O)C(C)C)cc2)O1. The van der Waals surface area contributed by atoms with Crippen LogP contribution in [-0.2, 0) is 81.0 Å². The fraction of sp³-hybridized carbons (Fsp3) is 0.731. The average molecular weight is 1570 g/mol. The topological polar surface area (TPSA) is 417 Å². The van der Waals surface area contributed by atoms with Crippen molar-refractivity contribution in [2.24, 2.45) is 40.4 Å². The molecule has 1 aromatic carbocycles. The van der Waals surface area contributed by atoms with Gasteiger partial charge in [-0.3, -0.25) is 53.1 Å². The van der Waals surface area contributed by atoms with Gasteiger partial charge in [0.05, 0.1) is 95.7 Å². The highest BCUT2D eigenvalue weighted by Crippen LogP contribution is 2.72. The zero-order valence-electron chi connectivity index (χ0n) is 64.6. The van der Waals surface area contributed by atoms with Gasteiger partial charge in [0.2, 0.25) is 41.2 Å². The molecule has 9 aliphatic rings. The molecule has 10 rings (SSSR count). The Kier molecular flexibility index (Phi) is 30.1. The number of nitrogens with one attached hydrogen (secondary N) is 6. The number of allylic oxidation sites excluding steroid dienone is 5. The van der Waals surface area contributed by atoms with Crippen molar-refractivity contribution in [1.82, 2.24) is 36.8 Å². The van der Waals surface area contributed by atoms with Crippen LogP contribution in [-0.4, -0.2) is 259 Å². The van der Waals surface area contributed by atoms with Gasteiger partial charge in [0, 0.05) is 60.1 Å². The van der Waals surface area contributed by atoms with Crippen LogP contribution in [0.4, 0.5) is 14.5 Å². The number of imide groups is 1. The number of hydrogen-bond donors (Lipinski definition) is 11. The molecule has 618 valence electrons. The van der Waals surface area contributed by atoms with Crippen LogP contribution in [0.3, 0.4) is 0 Å². The van der Waals surface area contributed by atoms with Crippen molar-refractivity contribution in [1.29, 1.82) is 0 Å². The van der Waals surface area contributed by atoms with E-state index in [0.717, 1.165) is 25.3 Å². The number of benzene rings is 1. The number of alkyl halides is 2. The van der Waals surface area contributed by atoms with Gasteiger partial charge in [-0.1, -0.05) is 66.9 Å². The smallest absolute Gasteiger partial charge is 0.246 e. The number of aliphatic hydroxyl groups is 5. The number of ketones is 3. The number of Topliss-reactive ketones (excluding diaryl/α,β-unsaturated/α-hetero) is 2. The lowest BCUT2D eigenvalue weighted by Crippen LogP contribution is -2.71. The van der Waals surface area contributed by atoms with Gasteiger partial charge in [-0.25, -0.2) is 8.78 Å². The number of fused-ring (bicyclic) bond motifs is 7. The summed E-state index contributed by atoms with van der Waals surface area (Å²) in [4.78, 5) is 122. The number of hydrazine groups is 2. The second-order valence-electron chi connectivity index (χ2n) is 31.6. The number of likely N-dealkylation sites (tertiary alicyclic amines) is 1. The molecule has 11 N–H and O–H groups in total. The Hall–Kier alpha value is -6.83. The minimum absolute atomic E-state index is 0.00885. The predicted molar refractivity (Wildman–Crippen MR) is 391 cm³/mol. The first-order valence-electron chi connectivity index (χ1n) is 39.4. The molecular formula is C78H114F2N8O23. The number of halogens is 2. The lowest BCUT2D eigenvalue weighted by Gasteiger charge is -2.63. The van der Waals surface area contributed by atoms with Crippen LogP contribution >= 0.6 is 0 Å². The van der Waals surface area contributed by atoms with Gasteiger partial charge in [-0.15, -0.1) is 5.53 Å². The summed E-state index contributed by atoms with van der Waals surface area (Å²) in [6.07, 6.45) is -4.09. The first-order valence-corrected chi connectivity index (χ1v) is 39.4. The number of unbranched alkanes of at least 4 members (excludes halogenated alkanes) is 1. The number of amides is 6. The third kappa shape index (κ3) is 19.3. The third-order valence-corrected chi connectivity index (χ3v) is 23.7. The Bertz CT molecular complexity index is 3550. The van der Waals surface area contributed by atoms with Crippen LogP contribution in [0.1, 0.15) is 151 Å². The van der Waals surface area contributed by atoms with Gasteiger partial charge in [-0.2, -0.15) is 0 Å². The van der Waals surface area contributed by atoms with Gasteiger partial charge >= 0.3 is 0 Å². The molecule has 6 fully saturated rings. The van der Waals surface area contributed by atoms with Crippen LogP contribution in [0.15, 0.2) is 59.5 Å². The highest BCUT2D eigenvalue weighted by Gasteiger charge is 2.80. The summed E-state index contributed by atoms with van der Waals surface area (Å²) in [5.41, 5.74) is 0.705. The fourth-order valence-electron chi connectivity index (χ4n) is 17.6. The van der Waals surface area contributed by atoms with E-state index in [2.05, 4.69) is 32.2 Å². The lowest BCUT2D eigenvalue weighted by atomic mass is 9.44. The van der Waals surface area contributed by atoms with Crippen LogP contribution in [0.2, 0.25) is 0 Å². The molecule has 20 atom stereocenters. The molecule has 3 saturated heterocycles. The van der Waals surface area contributed by atoms with E-state index in [1.165, 1.54) is 41.1 Å². The summed E-state index contributed by atoms with van der Waals surface area (Å²) in [7, 11) is 0. The maximum Gasteiger partial charge on any atom is 0.246 e. The standard InChI is InChI=1S/C78H114F2N8O23/c1-8-14-65-110-61-39-50-51-38-53(79)52-37-48(90)22-24-75(52,6)77(51,80)59(92)40-76(50,7)78(61,111-65)60(93)42-107-49-20-18-47(19-21-49)82-71(100)45(4)35-56(91)66(44(2)3)84-72(101)54(83-62(94)23-27-103-29-31-105-33-34-106-32-30-104-28-26-87-64(96)36-46(5)73(87)102)15-12-13-25-81-63(95)43-108-57-17-11-9-10-16-55-67(57)85-86-88(55)74-70(99)69(98)68(97)58(41-89)109-74/h18-22,24,37,44-46,50-51,53-54,57-59,61,65-66,68-70,74,85-86,89,92,97-99H,8-17,23,25-36,38-43H2,1-7H3,(H,81,95)(H,82,100)(H,83,94)(H,84,101)/t45-,46?,50+,51+,53+,54-,57?,58-,59+,61-,65?,66+,68+,69+,70-,74-,75+,76+,77+,78-/m1/s1. The van der Waals surface area contributed by atoms with E-state index in [1.54, 1.807) is 46.8 Å². The van der Waals surface area contributed by atoms with Crippen molar-refractivity contribution in [3.05, 3.63) is 59.5 Å². The van der Waals surface area contributed by atoms with Gasteiger partial charge in [0.15, 0.2) is 35.4 Å². The van der Waals surface area contributed by atoms with Gasteiger partial charge in [0.1, 0.15) is 61.7 Å². The van der Waals surface area contributed by atoms with E-state index < -0.39 is 173 Å². The van der Waals surface area contributed by atoms with Gasteiger partial charge in [0.25, 0.3) is 0 Å². The number of anilines is 1. The zero-order valence-corrected chi connectivity index (χ0v) is 64.6. The molecule has 1 aromatic rings.